The minimum atomic E-state index is -0.910. The molecular formula is C20H25NO. The fourth-order valence-electron chi connectivity index (χ4n) is 3.72. The Balaban J connectivity index is 2.24. The van der Waals surface area contributed by atoms with Gasteiger partial charge in [-0.2, -0.15) is 0 Å². The van der Waals surface area contributed by atoms with Crippen LogP contribution < -0.4 is 0 Å². The Hall–Kier alpha value is -1.64. The molecule has 22 heavy (non-hydrogen) atoms. The Kier molecular flexibility index (Phi) is 3.62. The van der Waals surface area contributed by atoms with E-state index in [1.165, 1.54) is 11.1 Å². The second-order valence-corrected chi connectivity index (χ2v) is 7.13. The van der Waals surface area contributed by atoms with Crippen LogP contribution in [-0.4, -0.2) is 30.6 Å². The molecule has 116 valence electrons. The predicted octanol–water partition coefficient (Wildman–Crippen LogP) is 3.51. The molecule has 0 bridgehead atoms. The smallest absolute Gasteiger partial charge is 0.116 e. The molecule has 0 fully saturated rings. The monoisotopic (exact) mass is 295 g/mol. The third kappa shape index (κ3) is 2.18. The fourth-order valence-corrected chi connectivity index (χ4v) is 3.72. The van der Waals surface area contributed by atoms with Crippen molar-refractivity contribution in [3.8, 4) is 0 Å². The van der Waals surface area contributed by atoms with Crippen molar-refractivity contribution in [2.45, 2.75) is 31.3 Å². The summed E-state index contributed by atoms with van der Waals surface area (Å²) < 4.78 is 0. The third-order valence-corrected chi connectivity index (χ3v) is 5.01. The van der Waals surface area contributed by atoms with E-state index in [-0.39, 0.29) is 5.41 Å². The van der Waals surface area contributed by atoms with Gasteiger partial charge in [-0.25, -0.2) is 0 Å². The quantitative estimate of drug-likeness (QED) is 0.936. The molecule has 0 unspecified atom stereocenters. The van der Waals surface area contributed by atoms with Crippen LogP contribution in [0.1, 0.15) is 42.5 Å². The van der Waals surface area contributed by atoms with Crippen molar-refractivity contribution in [1.29, 1.82) is 0 Å². The Labute approximate surface area is 133 Å². The summed E-state index contributed by atoms with van der Waals surface area (Å²) in [6.07, 6.45) is 0.699. The molecule has 2 aromatic rings. The van der Waals surface area contributed by atoms with Crippen LogP contribution in [0.25, 0.3) is 0 Å². The SMILES string of the molecule is CN(C)CCC1(O)c2ccccc2C(C)(C)c2ccccc21. The minimum Gasteiger partial charge on any atom is -0.380 e. The Morgan fingerprint density at radius 2 is 1.23 bits per heavy atom. The molecule has 2 heteroatoms. The Morgan fingerprint density at radius 1 is 0.818 bits per heavy atom. The Morgan fingerprint density at radius 3 is 1.64 bits per heavy atom. The molecule has 1 aliphatic rings. The van der Waals surface area contributed by atoms with Gasteiger partial charge in [0.25, 0.3) is 0 Å². The molecule has 2 nitrogen and oxygen atoms in total. The number of hydrogen-bond donors (Lipinski definition) is 1. The van der Waals surface area contributed by atoms with E-state index in [4.69, 9.17) is 0 Å². The van der Waals surface area contributed by atoms with E-state index in [0.29, 0.717) is 6.42 Å². The number of hydrogen-bond acceptors (Lipinski definition) is 2. The molecule has 0 radical (unpaired) electrons. The zero-order valence-electron chi connectivity index (χ0n) is 13.9. The summed E-state index contributed by atoms with van der Waals surface area (Å²) in [7, 11) is 4.10. The molecule has 1 aliphatic carbocycles. The number of fused-ring (bicyclic) bond motifs is 2. The summed E-state index contributed by atoms with van der Waals surface area (Å²) in [6.45, 7) is 5.34. The average molecular weight is 295 g/mol. The maximum Gasteiger partial charge on any atom is 0.116 e. The summed E-state index contributed by atoms with van der Waals surface area (Å²) in [5.41, 5.74) is 3.58. The molecule has 0 saturated heterocycles. The van der Waals surface area contributed by atoms with Crippen molar-refractivity contribution >= 4 is 0 Å². The first kappa shape index (κ1) is 15.3. The lowest BCUT2D eigenvalue weighted by Crippen LogP contribution is -2.41. The van der Waals surface area contributed by atoms with Crippen LogP contribution in [0.3, 0.4) is 0 Å². The highest BCUT2D eigenvalue weighted by molar-refractivity contribution is 5.57. The predicted molar refractivity (Wildman–Crippen MR) is 91.2 cm³/mol. The lowest BCUT2D eigenvalue weighted by Gasteiger charge is -2.44. The fraction of sp³-hybridized carbons (Fsp3) is 0.400. The third-order valence-electron chi connectivity index (χ3n) is 5.01. The van der Waals surface area contributed by atoms with E-state index in [0.717, 1.165) is 17.7 Å². The summed E-state index contributed by atoms with van der Waals surface area (Å²) in [4.78, 5) is 2.13. The first-order valence-corrected chi connectivity index (χ1v) is 7.94. The van der Waals surface area contributed by atoms with Crippen molar-refractivity contribution in [3.05, 3.63) is 70.8 Å². The lowest BCUT2D eigenvalue weighted by molar-refractivity contribution is 0.0558. The average Bonchev–Trinajstić information content (AvgIpc) is 2.52. The van der Waals surface area contributed by atoms with E-state index in [2.05, 4.69) is 55.1 Å². The molecule has 0 saturated carbocycles. The number of nitrogens with zero attached hydrogens (tertiary/aromatic N) is 1. The molecule has 2 aromatic carbocycles. The molecular weight excluding hydrogens is 270 g/mol. The van der Waals surface area contributed by atoms with Crippen LogP contribution in [0, 0.1) is 0 Å². The molecule has 0 aliphatic heterocycles. The number of benzene rings is 2. The largest absolute Gasteiger partial charge is 0.380 e. The minimum absolute atomic E-state index is 0.0858. The summed E-state index contributed by atoms with van der Waals surface area (Å²) in [5.74, 6) is 0. The topological polar surface area (TPSA) is 23.5 Å². The van der Waals surface area contributed by atoms with Gasteiger partial charge in [0.2, 0.25) is 0 Å². The Bertz CT molecular complexity index is 638. The molecule has 0 heterocycles. The molecule has 0 spiro atoms. The molecule has 0 atom stereocenters. The van der Waals surface area contributed by atoms with Crippen LogP contribution in [0.15, 0.2) is 48.5 Å². The number of aliphatic hydroxyl groups is 1. The van der Waals surface area contributed by atoms with E-state index < -0.39 is 5.60 Å². The van der Waals surface area contributed by atoms with Gasteiger partial charge in [-0.05, 0) is 42.8 Å². The number of rotatable bonds is 3. The van der Waals surface area contributed by atoms with Crippen molar-refractivity contribution in [2.75, 3.05) is 20.6 Å². The zero-order valence-corrected chi connectivity index (χ0v) is 13.9. The highest BCUT2D eigenvalue weighted by Gasteiger charge is 2.45. The van der Waals surface area contributed by atoms with Crippen LogP contribution in [0.5, 0.6) is 0 Å². The van der Waals surface area contributed by atoms with Crippen LogP contribution in [-0.2, 0) is 11.0 Å². The van der Waals surface area contributed by atoms with Gasteiger partial charge in [-0.15, -0.1) is 0 Å². The second kappa shape index (κ2) is 5.22. The molecule has 1 N–H and O–H groups in total. The van der Waals surface area contributed by atoms with Crippen molar-refractivity contribution in [1.82, 2.24) is 4.90 Å². The summed E-state index contributed by atoms with van der Waals surface area (Å²) >= 11 is 0. The standard InChI is InChI=1S/C20H25NO/c1-19(2)15-9-5-7-11-17(15)20(22,13-14-21(3)4)18-12-8-6-10-16(18)19/h5-12,22H,13-14H2,1-4H3. The van der Waals surface area contributed by atoms with Crippen LogP contribution in [0.4, 0.5) is 0 Å². The van der Waals surface area contributed by atoms with Gasteiger partial charge < -0.3 is 10.0 Å². The van der Waals surface area contributed by atoms with E-state index in [9.17, 15) is 5.11 Å². The normalized spacial score (nSPS) is 17.9. The second-order valence-electron chi connectivity index (χ2n) is 7.13. The molecule has 0 amide bonds. The van der Waals surface area contributed by atoms with Crippen molar-refractivity contribution < 1.29 is 5.11 Å². The van der Waals surface area contributed by atoms with Crippen molar-refractivity contribution in [2.24, 2.45) is 0 Å². The van der Waals surface area contributed by atoms with E-state index >= 15 is 0 Å². The van der Waals surface area contributed by atoms with Gasteiger partial charge in [0.05, 0.1) is 0 Å². The summed E-state index contributed by atoms with van der Waals surface area (Å²) in [5, 5.41) is 11.6. The van der Waals surface area contributed by atoms with Crippen LogP contribution in [0.2, 0.25) is 0 Å². The maximum absolute atomic E-state index is 11.6. The summed E-state index contributed by atoms with van der Waals surface area (Å²) in [6, 6.07) is 16.7. The highest BCUT2D eigenvalue weighted by Crippen LogP contribution is 2.49. The van der Waals surface area contributed by atoms with Gasteiger partial charge in [-0.3, -0.25) is 0 Å². The van der Waals surface area contributed by atoms with Crippen LogP contribution >= 0.6 is 0 Å². The van der Waals surface area contributed by atoms with Crippen molar-refractivity contribution in [3.63, 3.8) is 0 Å². The first-order chi connectivity index (χ1) is 10.4. The first-order valence-electron chi connectivity index (χ1n) is 7.94. The molecule has 0 aromatic heterocycles. The van der Waals surface area contributed by atoms with E-state index in [1.54, 1.807) is 0 Å². The van der Waals surface area contributed by atoms with E-state index in [1.807, 2.05) is 26.2 Å². The van der Waals surface area contributed by atoms with Gasteiger partial charge in [0.15, 0.2) is 0 Å². The highest BCUT2D eigenvalue weighted by atomic mass is 16.3. The van der Waals surface area contributed by atoms with Gasteiger partial charge in [0.1, 0.15) is 5.60 Å². The lowest BCUT2D eigenvalue weighted by atomic mass is 9.62. The maximum atomic E-state index is 11.6. The molecule has 3 rings (SSSR count). The van der Waals surface area contributed by atoms with Gasteiger partial charge >= 0.3 is 0 Å². The zero-order chi connectivity index (χ0) is 16.0. The van der Waals surface area contributed by atoms with Gasteiger partial charge in [0, 0.05) is 12.0 Å². The van der Waals surface area contributed by atoms with Gasteiger partial charge in [-0.1, -0.05) is 62.4 Å².